The summed E-state index contributed by atoms with van der Waals surface area (Å²) >= 11 is 0. The minimum atomic E-state index is -0.119. The van der Waals surface area contributed by atoms with Crippen molar-refractivity contribution in [3.05, 3.63) is 42.7 Å². The number of piperazine rings is 1. The van der Waals surface area contributed by atoms with Gasteiger partial charge in [0.25, 0.3) is 0 Å². The van der Waals surface area contributed by atoms with Crippen molar-refractivity contribution in [2.75, 3.05) is 51.1 Å². The molecule has 2 aliphatic heterocycles. The van der Waals surface area contributed by atoms with Crippen molar-refractivity contribution in [2.45, 2.75) is 19.3 Å². The molecule has 2 aliphatic rings. The number of piperidine rings is 1. The Morgan fingerprint density at radius 2 is 1.66 bits per heavy atom. The highest BCUT2D eigenvalue weighted by Gasteiger charge is 2.25. The molecule has 2 aromatic rings. The van der Waals surface area contributed by atoms with Gasteiger partial charge in [0.15, 0.2) is 0 Å². The molecule has 29 heavy (non-hydrogen) atoms. The van der Waals surface area contributed by atoms with Crippen molar-refractivity contribution in [1.82, 2.24) is 24.5 Å². The monoisotopic (exact) mass is 396 g/mol. The normalized spacial score (nSPS) is 17.9. The summed E-state index contributed by atoms with van der Waals surface area (Å²) in [6.07, 6.45) is 7.01. The molecule has 0 bridgehead atoms. The van der Waals surface area contributed by atoms with Crippen molar-refractivity contribution < 1.29 is 9.59 Å². The average molecular weight is 396 g/mol. The third kappa shape index (κ3) is 4.76. The number of carbonyl (C=O) groups excluding carboxylic acids is 2. The average Bonchev–Trinajstić information content (AvgIpc) is 3.30. The number of carbonyl (C=O) groups is 2. The molecule has 2 saturated heterocycles. The van der Waals surface area contributed by atoms with Crippen molar-refractivity contribution in [3.63, 3.8) is 0 Å². The van der Waals surface area contributed by atoms with Crippen LogP contribution in [0.3, 0.4) is 0 Å². The van der Waals surface area contributed by atoms with E-state index in [1.807, 2.05) is 46.3 Å². The molecule has 8 heteroatoms. The summed E-state index contributed by atoms with van der Waals surface area (Å²) in [5.74, 6) is 0.218. The molecule has 154 valence electrons. The van der Waals surface area contributed by atoms with Crippen molar-refractivity contribution in [2.24, 2.45) is 0 Å². The predicted octanol–water partition coefficient (Wildman–Crippen LogP) is 2.03. The van der Waals surface area contributed by atoms with Gasteiger partial charge in [0, 0.05) is 51.7 Å². The van der Waals surface area contributed by atoms with Gasteiger partial charge < -0.3 is 15.1 Å². The Kier molecular flexibility index (Phi) is 6.09. The molecule has 8 nitrogen and oxygen atoms in total. The van der Waals surface area contributed by atoms with E-state index in [4.69, 9.17) is 0 Å². The van der Waals surface area contributed by atoms with Crippen LogP contribution in [-0.2, 0) is 4.79 Å². The van der Waals surface area contributed by atoms with Crippen LogP contribution in [-0.4, -0.2) is 82.2 Å². The van der Waals surface area contributed by atoms with Crippen molar-refractivity contribution in [1.29, 1.82) is 0 Å². The topological polar surface area (TPSA) is 73.7 Å². The fraction of sp³-hybridized carbons (Fsp3) is 0.476. The Morgan fingerprint density at radius 3 is 2.38 bits per heavy atom. The van der Waals surface area contributed by atoms with Gasteiger partial charge in [-0.1, -0.05) is 12.1 Å². The van der Waals surface area contributed by atoms with E-state index in [0.29, 0.717) is 32.7 Å². The van der Waals surface area contributed by atoms with Gasteiger partial charge in [0.1, 0.15) is 0 Å². The summed E-state index contributed by atoms with van der Waals surface area (Å²) in [5.41, 5.74) is 1.56. The highest BCUT2D eigenvalue weighted by atomic mass is 16.2. The van der Waals surface area contributed by atoms with E-state index in [1.165, 1.54) is 6.42 Å². The van der Waals surface area contributed by atoms with Gasteiger partial charge in [-0.05, 0) is 37.5 Å². The third-order valence-electron chi connectivity index (χ3n) is 5.62. The van der Waals surface area contributed by atoms with Gasteiger partial charge in [-0.15, -0.1) is 0 Å². The van der Waals surface area contributed by atoms with Gasteiger partial charge in [-0.3, -0.25) is 9.69 Å². The first-order valence-electron chi connectivity index (χ1n) is 10.4. The molecule has 0 unspecified atom stereocenters. The number of urea groups is 1. The van der Waals surface area contributed by atoms with Crippen LogP contribution in [0.1, 0.15) is 19.3 Å². The highest BCUT2D eigenvalue weighted by Crippen LogP contribution is 2.20. The molecular formula is C21H28N6O2. The zero-order valence-electron chi connectivity index (χ0n) is 16.7. The van der Waals surface area contributed by atoms with Crippen LogP contribution in [0.5, 0.6) is 0 Å². The number of rotatable bonds is 4. The van der Waals surface area contributed by atoms with E-state index in [-0.39, 0.29) is 11.9 Å². The van der Waals surface area contributed by atoms with Crippen LogP contribution in [0.25, 0.3) is 5.69 Å². The maximum Gasteiger partial charge on any atom is 0.321 e. The molecule has 1 aromatic carbocycles. The van der Waals surface area contributed by atoms with Crippen LogP contribution < -0.4 is 5.32 Å². The SMILES string of the molecule is O=C(CN1CCN(C(=O)Nc2ccccc2-n2cccn2)CC1)N1CCCCC1. The van der Waals surface area contributed by atoms with E-state index in [1.54, 1.807) is 10.9 Å². The standard InChI is InChI=1S/C21H28N6O2/c28-20(25-10-4-1-5-11-25)17-24-13-15-26(16-14-24)21(29)23-18-7-2-3-8-19(18)27-12-6-9-22-27/h2-3,6-9,12H,1,4-5,10-11,13-17H2,(H,23,29). The fourth-order valence-corrected chi connectivity index (χ4v) is 3.93. The van der Waals surface area contributed by atoms with Crippen LogP contribution in [0, 0.1) is 0 Å². The largest absolute Gasteiger partial charge is 0.342 e. The second-order valence-corrected chi connectivity index (χ2v) is 7.60. The molecule has 1 N–H and O–H groups in total. The van der Waals surface area contributed by atoms with Crippen molar-refractivity contribution in [3.8, 4) is 5.69 Å². The van der Waals surface area contributed by atoms with E-state index in [2.05, 4.69) is 15.3 Å². The minimum Gasteiger partial charge on any atom is -0.342 e. The number of hydrogen-bond acceptors (Lipinski definition) is 4. The van der Waals surface area contributed by atoms with Gasteiger partial charge in [0.05, 0.1) is 17.9 Å². The third-order valence-corrected chi connectivity index (χ3v) is 5.62. The molecule has 4 rings (SSSR count). The Hall–Kier alpha value is -2.87. The molecule has 3 heterocycles. The van der Waals surface area contributed by atoms with Crippen LogP contribution in [0.4, 0.5) is 10.5 Å². The van der Waals surface area contributed by atoms with Gasteiger partial charge >= 0.3 is 6.03 Å². The summed E-state index contributed by atoms with van der Waals surface area (Å²) in [6.45, 7) is 4.89. The van der Waals surface area contributed by atoms with E-state index in [9.17, 15) is 9.59 Å². The van der Waals surface area contributed by atoms with Gasteiger partial charge in [-0.25, -0.2) is 9.48 Å². The fourth-order valence-electron chi connectivity index (χ4n) is 3.93. The summed E-state index contributed by atoms with van der Waals surface area (Å²) < 4.78 is 1.74. The molecule has 1 aromatic heterocycles. The van der Waals surface area contributed by atoms with Crippen LogP contribution >= 0.6 is 0 Å². The summed E-state index contributed by atoms with van der Waals surface area (Å²) in [5, 5.41) is 7.26. The first-order chi connectivity index (χ1) is 14.2. The molecule has 0 radical (unpaired) electrons. The highest BCUT2D eigenvalue weighted by molar-refractivity contribution is 5.91. The lowest BCUT2D eigenvalue weighted by atomic mass is 10.1. The Bertz CT molecular complexity index is 823. The molecule has 0 aliphatic carbocycles. The summed E-state index contributed by atoms with van der Waals surface area (Å²) in [4.78, 5) is 31.2. The Balaban J connectivity index is 1.29. The molecular weight excluding hydrogens is 368 g/mol. The van der Waals surface area contributed by atoms with Crippen LogP contribution in [0.15, 0.2) is 42.7 Å². The van der Waals surface area contributed by atoms with E-state index < -0.39 is 0 Å². The number of benzene rings is 1. The van der Waals surface area contributed by atoms with E-state index >= 15 is 0 Å². The lowest BCUT2D eigenvalue weighted by molar-refractivity contribution is -0.133. The Labute approximate surface area is 171 Å². The summed E-state index contributed by atoms with van der Waals surface area (Å²) in [6, 6.07) is 9.35. The van der Waals surface area contributed by atoms with Crippen molar-refractivity contribution >= 4 is 17.6 Å². The minimum absolute atomic E-state index is 0.119. The van der Waals surface area contributed by atoms with E-state index in [0.717, 1.165) is 37.3 Å². The molecule has 0 atom stereocenters. The second kappa shape index (κ2) is 9.09. The molecule has 0 spiro atoms. The quantitative estimate of drug-likeness (QED) is 0.858. The smallest absolute Gasteiger partial charge is 0.321 e. The number of para-hydroxylation sites is 2. The maximum atomic E-state index is 12.8. The maximum absolute atomic E-state index is 12.8. The first kappa shape index (κ1) is 19.4. The first-order valence-corrected chi connectivity index (χ1v) is 10.4. The van der Waals surface area contributed by atoms with Gasteiger partial charge in [0.2, 0.25) is 5.91 Å². The number of nitrogens with zero attached hydrogens (tertiary/aromatic N) is 5. The zero-order valence-corrected chi connectivity index (χ0v) is 16.7. The number of amides is 3. The Morgan fingerprint density at radius 1 is 0.897 bits per heavy atom. The number of aromatic nitrogens is 2. The van der Waals surface area contributed by atoms with Crippen LogP contribution in [0.2, 0.25) is 0 Å². The summed E-state index contributed by atoms with van der Waals surface area (Å²) in [7, 11) is 0. The number of likely N-dealkylation sites (tertiary alicyclic amines) is 1. The van der Waals surface area contributed by atoms with Gasteiger partial charge in [-0.2, -0.15) is 5.10 Å². The molecule has 2 fully saturated rings. The number of anilines is 1. The molecule has 3 amide bonds. The predicted molar refractivity (Wildman–Crippen MR) is 111 cm³/mol. The number of nitrogens with one attached hydrogen (secondary N) is 1. The lowest BCUT2D eigenvalue weighted by Gasteiger charge is -2.36. The second-order valence-electron chi connectivity index (χ2n) is 7.60. The lowest BCUT2D eigenvalue weighted by Crippen LogP contribution is -2.52. The number of hydrogen-bond donors (Lipinski definition) is 1. The molecule has 0 saturated carbocycles. The zero-order chi connectivity index (χ0) is 20.1.